The highest BCUT2D eigenvalue weighted by Gasteiger charge is 2.53. The second-order valence-corrected chi connectivity index (χ2v) is 5.45. The lowest BCUT2D eigenvalue weighted by atomic mass is 9.59. The van der Waals surface area contributed by atoms with Crippen molar-refractivity contribution in [3.8, 4) is 0 Å². The molecule has 1 aliphatic heterocycles. The Kier molecular flexibility index (Phi) is 2.96. The molecule has 1 heterocycles. The number of nitrogens with one attached hydrogen (secondary N) is 1. The summed E-state index contributed by atoms with van der Waals surface area (Å²) >= 11 is 0. The summed E-state index contributed by atoms with van der Waals surface area (Å²) in [5.41, 5.74) is -2.08. The highest BCUT2D eigenvalue weighted by Crippen LogP contribution is 2.48. The third kappa shape index (κ3) is 1.81. The van der Waals surface area contributed by atoms with E-state index >= 15 is 0 Å². The quantitative estimate of drug-likeness (QED) is 0.622. The minimum absolute atomic E-state index is 0.398. The van der Waals surface area contributed by atoms with Crippen LogP contribution in [0.2, 0.25) is 0 Å². The van der Waals surface area contributed by atoms with Gasteiger partial charge in [0.15, 0.2) is 0 Å². The minimum Gasteiger partial charge on any atom is -0.390 e. The summed E-state index contributed by atoms with van der Waals surface area (Å²) in [7, 11) is 0. The van der Waals surface area contributed by atoms with Gasteiger partial charge in [0.2, 0.25) is 0 Å². The normalized spacial score (nSPS) is 23.6. The first-order valence-corrected chi connectivity index (χ1v) is 5.36. The van der Waals surface area contributed by atoms with Gasteiger partial charge in [-0.3, -0.25) is 0 Å². The number of hydrogen-bond donors (Lipinski definition) is 3. The lowest BCUT2D eigenvalue weighted by Crippen LogP contribution is -2.60. The van der Waals surface area contributed by atoms with Crippen LogP contribution in [-0.2, 0) is 0 Å². The molecule has 3 N–H and O–H groups in total. The van der Waals surface area contributed by atoms with Crippen molar-refractivity contribution in [2.75, 3.05) is 13.1 Å². The highest BCUT2D eigenvalue weighted by molar-refractivity contribution is 5.05. The summed E-state index contributed by atoms with van der Waals surface area (Å²) in [5.74, 6) is 0. The maximum Gasteiger partial charge on any atom is 0.0675 e. The van der Waals surface area contributed by atoms with Gasteiger partial charge < -0.3 is 15.5 Å². The Morgan fingerprint density at radius 2 is 1.29 bits per heavy atom. The van der Waals surface area contributed by atoms with Crippen molar-refractivity contribution < 1.29 is 10.2 Å². The molecular formula is C11H23NO2. The van der Waals surface area contributed by atoms with Gasteiger partial charge in [-0.2, -0.15) is 0 Å². The molecule has 3 heteroatoms. The van der Waals surface area contributed by atoms with Crippen LogP contribution in [0.15, 0.2) is 0 Å². The molecule has 0 aromatic heterocycles. The summed E-state index contributed by atoms with van der Waals surface area (Å²) in [5, 5.41) is 23.7. The molecule has 0 atom stereocenters. The maximum atomic E-state index is 10.2. The molecule has 0 amide bonds. The van der Waals surface area contributed by atoms with E-state index in [2.05, 4.69) is 5.32 Å². The van der Waals surface area contributed by atoms with Crippen molar-refractivity contribution in [2.24, 2.45) is 5.41 Å². The van der Waals surface area contributed by atoms with E-state index in [9.17, 15) is 10.2 Å². The predicted molar refractivity (Wildman–Crippen MR) is 57.1 cm³/mol. The lowest BCUT2D eigenvalue weighted by molar-refractivity contribution is -0.179. The molecule has 0 saturated carbocycles. The first-order valence-electron chi connectivity index (χ1n) is 5.36. The summed E-state index contributed by atoms with van der Waals surface area (Å²) < 4.78 is 0. The number of aliphatic hydroxyl groups is 2. The van der Waals surface area contributed by atoms with Gasteiger partial charge in [0.1, 0.15) is 0 Å². The van der Waals surface area contributed by atoms with Crippen molar-refractivity contribution in [3.05, 3.63) is 0 Å². The van der Waals surface area contributed by atoms with E-state index in [0.717, 1.165) is 25.9 Å². The monoisotopic (exact) mass is 201 g/mol. The Labute approximate surface area is 86.5 Å². The second-order valence-electron chi connectivity index (χ2n) is 5.45. The zero-order valence-electron chi connectivity index (χ0n) is 9.72. The van der Waals surface area contributed by atoms with Gasteiger partial charge in [0, 0.05) is 5.41 Å². The van der Waals surface area contributed by atoms with Crippen molar-refractivity contribution in [1.29, 1.82) is 0 Å². The summed E-state index contributed by atoms with van der Waals surface area (Å²) in [4.78, 5) is 0. The Morgan fingerprint density at radius 1 is 0.929 bits per heavy atom. The second kappa shape index (κ2) is 3.47. The Balaban J connectivity index is 3.01. The fourth-order valence-electron chi connectivity index (χ4n) is 2.83. The fraction of sp³-hybridized carbons (Fsp3) is 1.00. The SMILES string of the molecule is CC(C)(O)C1(C(C)(C)O)CCNCC1. The number of piperidine rings is 1. The van der Waals surface area contributed by atoms with Crippen molar-refractivity contribution in [2.45, 2.75) is 51.7 Å². The molecule has 0 aromatic carbocycles. The molecule has 0 aliphatic carbocycles. The van der Waals surface area contributed by atoms with E-state index in [1.54, 1.807) is 27.7 Å². The van der Waals surface area contributed by atoms with E-state index < -0.39 is 16.6 Å². The molecule has 0 radical (unpaired) electrons. The maximum absolute atomic E-state index is 10.2. The third-order valence-corrected chi connectivity index (χ3v) is 3.80. The van der Waals surface area contributed by atoms with Crippen LogP contribution in [0.25, 0.3) is 0 Å². The van der Waals surface area contributed by atoms with Crippen LogP contribution in [0, 0.1) is 5.41 Å². The molecule has 0 aromatic rings. The van der Waals surface area contributed by atoms with Gasteiger partial charge in [0.05, 0.1) is 11.2 Å². The zero-order chi connectivity index (χ0) is 11.0. The fourth-order valence-corrected chi connectivity index (χ4v) is 2.83. The Hall–Kier alpha value is -0.120. The van der Waals surface area contributed by atoms with Crippen molar-refractivity contribution in [1.82, 2.24) is 5.32 Å². The van der Waals surface area contributed by atoms with E-state index in [-0.39, 0.29) is 0 Å². The van der Waals surface area contributed by atoms with Crippen LogP contribution in [0.4, 0.5) is 0 Å². The van der Waals surface area contributed by atoms with Crippen LogP contribution in [0.3, 0.4) is 0 Å². The van der Waals surface area contributed by atoms with Gasteiger partial charge in [-0.25, -0.2) is 0 Å². The standard InChI is InChI=1S/C11H23NO2/c1-9(2,13)11(10(3,4)14)5-7-12-8-6-11/h12-14H,5-8H2,1-4H3. The van der Waals surface area contributed by atoms with Crippen LogP contribution >= 0.6 is 0 Å². The average molecular weight is 201 g/mol. The molecule has 0 spiro atoms. The molecule has 1 saturated heterocycles. The first-order chi connectivity index (χ1) is 6.21. The van der Waals surface area contributed by atoms with Crippen LogP contribution < -0.4 is 5.32 Å². The molecule has 84 valence electrons. The van der Waals surface area contributed by atoms with Gasteiger partial charge in [-0.15, -0.1) is 0 Å². The van der Waals surface area contributed by atoms with Gasteiger partial charge in [0.25, 0.3) is 0 Å². The molecule has 0 unspecified atom stereocenters. The molecule has 3 nitrogen and oxygen atoms in total. The van der Waals surface area contributed by atoms with E-state index in [1.807, 2.05) is 0 Å². The smallest absolute Gasteiger partial charge is 0.0675 e. The Morgan fingerprint density at radius 3 is 1.50 bits per heavy atom. The Bertz CT molecular complexity index is 178. The van der Waals surface area contributed by atoms with Gasteiger partial charge >= 0.3 is 0 Å². The predicted octanol–water partition coefficient (Wildman–Crippen LogP) is 0.898. The molecule has 1 fully saturated rings. The first kappa shape index (κ1) is 12.0. The van der Waals surface area contributed by atoms with Gasteiger partial charge in [-0.1, -0.05) is 0 Å². The zero-order valence-corrected chi connectivity index (χ0v) is 9.72. The summed E-state index contributed by atoms with van der Waals surface area (Å²) in [6.07, 6.45) is 1.64. The largest absolute Gasteiger partial charge is 0.390 e. The van der Waals surface area contributed by atoms with Crippen molar-refractivity contribution >= 4 is 0 Å². The molecule has 1 aliphatic rings. The van der Waals surface area contributed by atoms with E-state index in [1.165, 1.54) is 0 Å². The van der Waals surface area contributed by atoms with Crippen molar-refractivity contribution in [3.63, 3.8) is 0 Å². The van der Waals surface area contributed by atoms with E-state index in [4.69, 9.17) is 0 Å². The van der Waals surface area contributed by atoms with E-state index in [0.29, 0.717) is 0 Å². The van der Waals surface area contributed by atoms with Crippen LogP contribution in [-0.4, -0.2) is 34.5 Å². The molecule has 1 rings (SSSR count). The third-order valence-electron chi connectivity index (χ3n) is 3.80. The molecule has 0 bridgehead atoms. The summed E-state index contributed by atoms with van der Waals surface area (Å²) in [6, 6.07) is 0. The summed E-state index contributed by atoms with van der Waals surface area (Å²) in [6.45, 7) is 8.95. The average Bonchev–Trinajstić information content (AvgIpc) is 2.02. The number of hydrogen-bond acceptors (Lipinski definition) is 3. The topological polar surface area (TPSA) is 52.5 Å². The minimum atomic E-state index is -0.840. The number of rotatable bonds is 2. The highest BCUT2D eigenvalue weighted by atomic mass is 16.3. The van der Waals surface area contributed by atoms with Crippen LogP contribution in [0.5, 0.6) is 0 Å². The van der Waals surface area contributed by atoms with Gasteiger partial charge in [-0.05, 0) is 53.6 Å². The van der Waals surface area contributed by atoms with Crippen LogP contribution in [0.1, 0.15) is 40.5 Å². The molecule has 14 heavy (non-hydrogen) atoms. The lowest BCUT2D eigenvalue weighted by Gasteiger charge is -2.53. The molecular weight excluding hydrogens is 178 g/mol.